The first-order valence-corrected chi connectivity index (χ1v) is 15.0. The summed E-state index contributed by atoms with van der Waals surface area (Å²) in [4.78, 5) is 18.4. The van der Waals surface area contributed by atoms with E-state index < -0.39 is 10.0 Å². The fourth-order valence-corrected chi connectivity index (χ4v) is 6.18. The monoisotopic (exact) mass is 536 g/mol. The quantitative estimate of drug-likeness (QED) is 0.266. The maximum Gasteiger partial charge on any atom is 0.317 e. The summed E-state index contributed by atoms with van der Waals surface area (Å²) < 4.78 is 27.2. The predicted octanol–water partition coefficient (Wildman–Crippen LogP) is 3.32. The van der Waals surface area contributed by atoms with Crippen LogP contribution in [0.5, 0.6) is 0 Å². The maximum absolute atomic E-state index is 12.8. The Bertz CT molecular complexity index is 1480. The molecule has 1 saturated heterocycles. The minimum absolute atomic E-state index is 0.0792. The summed E-state index contributed by atoms with van der Waals surface area (Å²) in [6.07, 6.45) is 1.25. The molecule has 0 radical (unpaired) electrons. The van der Waals surface area contributed by atoms with Gasteiger partial charge in [-0.3, -0.25) is 4.79 Å². The van der Waals surface area contributed by atoms with Crippen LogP contribution in [0.25, 0.3) is 11.0 Å². The number of piperazine rings is 1. The molecule has 5 rings (SSSR count). The number of aromatic nitrogens is 2. The molecule has 0 aliphatic carbocycles. The number of carbonyl (C=O) groups excluding carboxylic acids is 1. The molecular formula is C27H30N5O3S2+. The molecule has 4 aromatic rings. The number of anilines is 2. The summed E-state index contributed by atoms with van der Waals surface area (Å²) in [6.45, 7) is 2.96. The zero-order valence-corrected chi connectivity index (χ0v) is 22.3. The van der Waals surface area contributed by atoms with Gasteiger partial charge in [-0.1, -0.05) is 42.5 Å². The average molecular weight is 537 g/mol. The van der Waals surface area contributed by atoms with E-state index in [9.17, 15) is 13.2 Å². The van der Waals surface area contributed by atoms with Gasteiger partial charge in [-0.15, -0.1) is 0 Å². The van der Waals surface area contributed by atoms with Crippen molar-refractivity contribution >= 4 is 50.1 Å². The molecule has 1 aliphatic rings. The van der Waals surface area contributed by atoms with Crippen molar-refractivity contribution < 1.29 is 17.8 Å². The largest absolute Gasteiger partial charge is 0.369 e. The standard InChI is InChI=1S/C27H29N5O3S2/c1-37(34,35)31-17-15-30(16-18-31)23-13-11-22(12-14-23)28-26(33)20-36-27-29-24-9-5-6-10-25(24)32(27)19-21-7-3-2-4-8-21/h2-14H,15-20H2,1H3,(H,28,33)/p+1. The minimum atomic E-state index is -3.15. The van der Waals surface area contributed by atoms with Crippen LogP contribution in [-0.2, 0) is 21.4 Å². The second kappa shape index (κ2) is 11.0. The molecule has 1 fully saturated rings. The van der Waals surface area contributed by atoms with Crippen molar-refractivity contribution in [2.24, 2.45) is 0 Å². The van der Waals surface area contributed by atoms with Crippen LogP contribution < -0.4 is 14.8 Å². The number of benzene rings is 3. The van der Waals surface area contributed by atoms with E-state index in [0.29, 0.717) is 32.7 Å². The molecule has 0 bridgehead atoms. The first-order valence-electron chi connectivity index (χ1n) is 12.1. The Kier molecular flexibility index (Phi) is 7.50. The van der Waals surface area contributed by atoms with E-state index in [4.69, 9.17) is 0 Å². The van der Waals surface area contributed by atoms with Crippen LogP contribution in [0.3, 0.4) is 0 Å². The van der Waals surface area contributed by atoms with Crippen molar-refractivity contribution in [3.63, 3.8) is 0 Å². The van der Waals surface area contributed by atoms with E-state index in [0.717, 1.165) is 27.6 Å². The predicted molar refractivity (Wildman–Crippen MR) is 148 cm³/mol. The van der Waals surface area contributed by atoms with Gasteiger partial charge in [0.25, 0.3) is 0 Å². The summed E-state index contributed by atoms with van der Waals surface area (Å²) in [6, 6.07) is 26.1. The maximum atomic E-state index is 12.8. The van der Waals surface area contributed by atoms with Crippen LogP contribution in [-0.4, -0.2) is 61.8 Å². The zero-order valence-electron chi connectivity index (χ0n) is 20.6. The highest BCUT2D eigenvalue weighted by atomic mass is 32.2. The Hall–Kier alpha value is -3.34. The number of fused-ring (bicyclic) bond motifs is 1. The lowest BCUT2D eigenvalue weighted by atomic mass is 10.2. The Labute approximate surface area is 221 Å². The van der Waals surface area contributed by atoms with Gasteiger partial charge in [-0.05, 0) is 53.7 Å². The van der Waals surface area contributed by atoms with Crippen LogP contribution in [0.15, 0.2) is 84.0 Å². The number of imidazole rings is 1. The third kappa shape index (κ3) is 6.15. The molecule has 0 unspecified atom stereocenters. The van der Waals surface area contributed by atoms with E-state index in [-0.39, 0.29) is 11.7 Å². The van der Waals surface area contributed by atoms with E-state index in [2.05, 4.69) is 38.0 Å². The molecule has 2 heterocycles. The number of nitrogens with zero attached hydrogens (tertiary/aromatic N) is 3. The summed E-state index contributed by atoms with van der Waals surface area (Å²) in [7, 11) is -3.15. The Morgan fingerprint density at radius 3 is 2.32 bits per heavy atom. The average Bonchev–Trinajstić information content (AvgIpc) is 3.25. The fraction of sp³-hybridized carbons (Fsp3) is 0.259. The number of H-pyrrole nitrogens is 1. The number of carbonyl (C=O) groups is 1. The summed E-state index contributed by atoms with van der Waals surface area (Å²) in [5, 5.41) is 3.92. The molecule has 0 atom stereocenters. The number of amides is 1. The molecule has 1 amide bonds. The summed E-state index contributed by atoms with van der Waals surface area (Å²) >= 11 is 1.48. The third-order valence-corrected chi connectivity index (χ3v) is 8.73. The third-order valence-electron chi connectivity index (χ3n) is 6.43. The second-order valence-electron chi connectivity index (χ2n) is 9.05. The van der Waals surface area contributed by atoms with Gasteiger partial charge in [-0.2, -0.15) is 4.31 Å². The highest BCUT2D eigenvalue weighted by Crippen LogP contribution is 2.22. The number of thioether (sulfide) groups is 1. The number of sulfonamides is 1. The lowest BCUT2D eigenvalue weighted by Crippen LogP contribution is -2.48. The summed E-state index contributed by atoms with van der Waals surface area (Å²) in [5.74, 6) is 0.195. The van der Waals surface area contributed by atoms with Gasteiger partial charge in [-0.25, -0.2) is 18.0 Å². The molecule has 0 saturated carbocycles. The number of para-hydroxylation sites is 2. The van der Waals surface area contributed by atoms with Gasteiger partial charge in [0.2, 0.25) is 15.9 Å². The van der Waals surface area contributed by atoms with Crippen LogP contribution in [0.4, 0.5) is 11.4 Å². The molecule has 10 heteroatoms. The fourth-order valence-electron chi connectivity index (χ4n) is 4.51. The lowest BCUT2D eigenvalue weighted by molar-refractivity contribution is -0.700. The number of rotatable bonds is 8. The molecule has 8 nitrogen and oxygen atoms in total. The number of hydrogen-bond donors (Lipinski definition) is 2. The molecule has 3 aromatic carbocycles. The van der Waals surface area contributed by atoms with Crippen LogP contribution in [0.2, 0.25) is 0 Å². The van der Waals surface area contributed by atoms with Gasteiger partial charge >= 0.3 is 5.16 Å². The first-order chi connectivity index (χ1) is 17.9. The van der Waals surface area contributed by atoms with Gasteiger partial charge in [0, 0.05) is 37.6 Å². The lowest BCUT2D eigenvalue weighted by Gasteiger charge is -2.34. The topological polar surface area (TPSA) is 89.4 Å². The van der Waals surface area contributed by atoms with E-state index in [1.54, 1.807) is 0 Å². The Morgan fingerprint density at radius 1 is 0.946 bits per heavy atom. The van der Waals surface area contributed by atoms with Crippen molar-refractivity contribution in [3.05, 3.63) is 84.4 Å². The van der Waals surface area contributed by atoms with Crippen molar-refractivity contribution in [1.82, 2.24) is 9.29 Å². The number of hydrogen-bond acceptors (Lipinski definition) is 5. The van der Waals surface area contributed by atoms with Crippen molar-refractivity contribution in [1.29, 1.82) is 0 Å². The van der Waals surface area contributed by atoms with E-state index >= 15 is 0 Å². The molecule has 192 valence electrons. The van der Waals surface area contributed by atoms with Gasteiger partial charge in [0.05, 0.1) is 12.0 Å². The number of aromatic amines is 1. The Morgan fingerprint density at radius 2 is 1.62 bits per heavy atom. The molecule has 0 spiro atoms. The molecule has 2 N–H and O–H groups in total. The smallest absolute Gasteiger partial charge is 0.317 e. The second-order valence-corrected chi connectivity index (χ2v) is 12.0. The normalized spacial score (nSPS) is 14.7. The Balaban J connectivity index is 1.20. The van der Waals surface area contributed by atoms with Crippen molar-refractivity contribution in [2.45, 2.75) is 11.7 Å². The van der Waals surface area contributed by atoms with Crippen LogP contribution >= 0.6 is 11.8 Å². The molecular weight excluding hydrogens is 506 g/mol. The van der Waals surface area contributed by atoms with Crippen LogP contribution in [0, 0.1) is 0 Å². The molecule has 1 aromatic heterocycles. The molecule has 37 heavy (non-hydrogen) atoms. The summed E-state index contributed by atoms with van der Waals surface area (Å²) in [5.41, 5.74) is 5.08. The highest BCUT2D eigenvalue weighted by molar-refractivity contribution is 7.99. The van der Waals surface area contributed by atoms with Gasteiger partial charge < -0.3 is 10.2 Å². The number of nitrogens with one attached hydrogen (secondary N) is 2. The van der Waals surface area contributed by atoms with Crippen molar-refractivity contribution in [2.75, 3.05) is 48.4 Å². The van der Waals surface area contributed by atoms with Crippen molar-refractivity contribution in [3.8, 4) is 0 Å². The molecule has 1 aliphatic heterocycles. The van der Waals surface area contributed by atoms with E-state index in [1.807, 2.05) is 60.7 Å². The first kappa shape index (κ1) is 25.3. The SMILES string of the molecule is CS(=O)(=O)N1CCN(c2ccc(NC(=O)CSc3[nH]c4ccccc4[n+]3Cc3ccccc3)cc2)CC1. The zero-order chi connectivity index (χ0) is 25.8. The minimum Gasteiger partial charge on any atom is -0.369 e. The highest BCUT2D eigenvalue weighted by Gasteiger charge is 2.24. The van der Waals surface area contributed by atoms with E-state index in [1.165, 1.54) is 27.9 Å². The van der Waals surface area contributed by atoms with Gasteiger partial charge in [0.15, 0.2) is 11.0 Å². The van der Waals surface area contributed by atoms with Gasteiger partial charge in [0.1, 0.15) is 6.54 Å². The van der Waals surface area contributed by atoms with Crippen LogP contribution in [0.1, 0.15) is 5.56 Å².